The third-order valence-corrected chi connectivity index (χ3v) is 3.88. The first-order valence-electron chi connectivity index (χ1n) is 7.80. The van der Waals surface area contributed by atoms with Crippen molar-refractivity contribution < 1.29 is 18.7 Å². The Hall–Kier alpha value is -3.48. The summed E-state index contributed by atoms with van der Waals surface area (Å²) in [4.78, 5) is 24.1. The predicted octanol–water partition coefficient (Wildman–Crippen LogP) is 3.36. The van der Waals surface area contributed by atoms with Crippen molar-refractivity contribution in [1.82, 2.24) is 9.78 Å². The third-order valence-electron chi connectivity index (χ3n) is 3.88. The number of aromatic nitrogens is 2. The molecule has 0 radical (unpaired) electrons. The zero-order valence-electron chi connectivity index (χ0n) is 14.2. The Morgan fingerprint density at radius 3 is 2.65 bits per heavy atom. The molecular formula is C19H16FN3O3. The maximum absolute atomic E-state index is 14.0. The first-order valence-corrected chi connectivity index (χ1v) is 7.80. The summed E-state index contributed by atoms with van der Waals surface area (Å²) in [6.07, 6.45) is 1.38. The van der Waals surface area contributed by atoms with Crippen LogP contribution < -0.4 is 5.32 Å². The van der Waals surface area contributed by atoms with E-state index in [1.165, 1.54) is 30.1 Å². The largest absolute Gasteiger partial charge is 0.465 e. The summed E-state index contributed by atoms with van der Waals surface area (Å²) in [5, 5.41) is 6.81. The van der Waals surface area contributed by atoms with Crippen molar-refractivity contribution >= 4 is 17.6 Å². The molecule has 1 N–H and O–H groups in total. The number of rotatable bonds is 4. The number of hydrogen-bond donors (Lipinski definition) is 1. The van der Waals surface area contributed by atoms with E-state index in [9.17, 15) is 14.0 Å². The molecule has 0 fully saturated rings. The molecule has 0 saturated heterocycles. The molecule has 7 heteroatoms. The molecule has 0 aliphatic carbocycles. The van der Waals surface area contributed by atoms with Crippen LogP contribution in [-0.2, 0) is 4.74 Å². The summed E-state index contributed by atoms with van der Waals surface area (Å²) in [5.41, 5.74) is 1.82. The molecule has 0 bridgehead atoms. The van der Waals surface area contributed by atoms with Gasteiger partial charge in [0.25, 0.3) is 5.91 Å². The Labute approximate surface area is 149 Å². The fraction of sp³-hybridized carbons (Fsp3) is 0.105. The highest BCUT2D eigenvalue weighted by Crippen LogP contribution is 2.19. The van der Waals surface area contributed by atoms with E-state index in [0.717, 1.165) is 0 Å². The van der Waals surface area contributed by atoms with Gasteiger partial charge in [0, 0.05) is 5.69 Å². The van der Waals surface area contributed by atoms with Crippen molar-refractivity contribution in [3.05, 3.63) is 77.4 Å². The lowest BCUT2D eigenvalue weighted by Gasteiger charge is -2.08. The lowest BCUT2D eigenvalue weighted by molar-refractivity contribution is 0.0600. The number of benzene rings is 2. The summed E-state index contributed by atoms with van der Waals surface area (Å²) in [7, 11) is 1.29. The zero-order chi connectivity index (χ0) is 18.7. The molecular weight excluding hydrogens is 337 g/mol. The van der Waals surface area contributed by atoms with Gasteiger partial charge in [-0.05, 0) is 37.3 Å². The number of hydrogen-bond acceptors (Lipinski definition) is 4. The number of methoxy groups -OCH3 is 1. The summed E-state index contributed by atoms with van der Waals surface area (Å²) in [6, 6.07) is 12.6. The molecule has 1 aromatic heterocycles. The van der Waals surface area contributed by atoms with E-state index in [0.29, 0.717) is 22.5 Å². The van der Waals surface area contributed by atoms with E-state index in [1.807, 2.05) is 0 Å². The molecule has 0 saturated carbocycles. The average Bonchev–Trinajstić information content (AvgIpc) is 3.03. The molecule has 26 heavy (non-hydrogen) atoms. The summed E-state index contributed by atoms with van der Waals surface area (Å²) < 4.78 is 20.0. The minimum atomic E-state index is -0.496. The second kappa shape index (κ2) is 7.18. The van der Waals surface area contributed by atoms with E-state index >= 15 is 0 Å². The van der Waals surface area contributed by atoms with Gasteiger partial charge in [-0.25, -0.2) is 13.9 Å². The van der Waals surface area contributed by atoms with Crippen LogP contribution in [0.2, 0.25) is 0 Å². The van der Waals surface area contributed by atoms with Gasteiger partial charge in [-0.3, -0.25) is 4.79 Å². The minimum absolute atomic E-state index is 0.261. The maximum Gasteiger partial charge on any atom is 0.337 e. The Balaban J connectivity index is 1.86. The van der Waals surface area contributed by atoms with Crippen molar-refractivity contribution in [1.29, 1.82) is 0 Å². The van der Waals surface area contributed by atoms with Gasteiger partial charge in [-0.1, -0.05) is 18.2 Å². The van der Waals surface area contributed by atoms with Crippen LogP contribution in [0.5, 0.6) is 0 Å². The van der Waals surface area contributed by atoms with Crippen LogP contribution in [0.3, 0.4) is 0 Å². The molecule has 0 spiro atoms. The molecule has 1 amide bonds. The second-order valence-electron chi connectivity index (χ2n) is 5.53. The fourth-order valence-electron chi connectivity index (χ4n) is 2.54. The number of amides is 1. The summed E-state index contributed by atoms with van der Waals surface area (Å²) in [5.74, 6) is -1.34. The lowest BCUT2D eigenvalue weighted by atomic mass is 10.2. The van der Waals surface area contributed by atoms with Gasteiger partial charge in [0.15, 0.2) is 0 Å². The van der Waals surface area contributed by atoms with Gasteiger partial charge in [0.1, 0.15) is 11.5 Å². The minimum Gasteiger partial charge on any atom is -0.465 e. The molecule has 3 aromatic rings. The highest BCUT2D eigenvalue weighted by atomic mass is 19.1. The molecule has 0 unspecified atom stereocenters. The number of esters is 1. The van der Waals surface area contributed by atoms with Crippen LogP contribution in [0.15, 0.2) is 54.7 Å². The Morgan fingerprint density at radius 1 is 1.15 bits per heavy atom. The number of nitrogens with one attached hydrogen (secondary N) is 1. The molecule has 2 aromatic carbocycles. The smallest absolute Gasteiger partial charge is 0.337 e. The monoisotopic (exact) mass is 353 g/mol. The van der Waals surface area contributed by atoms with Crippen molar-refractivity contribution in [3.8, 4) is 5.69 Å². The molecule has 1 heterocycles. The van der Waals surface area contributed by atoms with Crippen LogP contribution >= 0.6 is 0 Å². The van der Waals surface area contributed by atoms with Gasteiger partial charge < -0.3 is 10.1 Å². The number of carbonyl (C=O) groups excluding carboxylic acids is 2. The van der Waals surface area contributed by atoms with Crippen molar-refractivity contribution in [3.63, 3.8) is 0 Å². The van der Waals surface area contributed by atoms with E-state index in [2.05, 4.69) is 15.2 Å². The van der Waals surface area contributed by atoms with Crippen molar-refractivity contribution in [2.45, 2.75) is 6.92 Å². The number of halogens is 1. The van der Waals surface area contributed by atoms with E-state index in [1.54, 1.807) is 43.3 Å². The Kier molecular flexibility index (Phi) is 4.79. The van der Waals surface area contributed by atoms with Gasteiger partial charge in [0.2, 0.25) is 0 Å². The highest BCUT2D eigenvalue weighted by molar-refractivity contribution is 6.05. The van der Waals surface area contributed by atoms with Crippen molar-refractivity contribution in [2.24, 2.45) is 0 Å². The first kappa shape index (κ1) is 17.3. The summed E-state index contributed by atoms with van der Waals surface area (Å²) >= 11 is 0. The van der Waals surface area contributed by atoms with Crippen LogP contribution in [0.25, 0.3) is 5.69 Å². The number of ether oxygens (including phenoxy) is 1. The Morgan fingerprint density at radius 2 is 1.92 bits per heavy atom. The number of carbonyl (C=O) groups is 2. The van der Waals surface area contributed by atoms with Crippen LogP contribution in [-0.4, -0.2) is 28.8 Å². The lowest BCUT2D eigenvalue weighted by Crippen LogP contribution is -2.14. The van der Waals surface area contributed by atoms with Gasteiger partial charge in [0.05, 0.1) is 30.1 Å². The summed E-state index contributed by atoms with van der Waals surface area (Å²) in [6.45, 7) is 1.68. The molecule has 6 nitrogen and oxygen atoms in total. The number of nitrogens with zero attached hydrogens (tertiary/aromatic N) is 2. The molecule has 0 aliphatic rings. The molecule has 132 valence electrons. The fourth-order valence-corrected chi connectivity index (χ4v) is 2.54. The van der Waals surface area contributed by atoms with Gasteiger partial charge in [-0.2, -0.15) is 5.10 Å². The highest BCUT2D eigenvalue weighted by Gasteiger charge is 2.17. The quantitative estimate of drug-likeness (QED) is 0.730. The second-order valence-corrected chi connectivity index (χ2v) is 5.53. The predicted molar refractivity (Wildman–Crippen MR) is 94.0 cm³/mol. The van der Waals surface area contributed by atoms with Crippen LogP contribution in [0, 0.1) is 12.7 Å². The van der Waals surface area contributed by atoms with Gasteiger partial charge >= 0.3 is 5.97 Å². The maximum atomic E-state index is 14.0. The normalized spacial score (nSPS) is 10.4. The van der Waals surface area contributed by atoms with Gasteiger partial charge in [-0.15, -0.1) is 0 Å². The molecule has 3 rings (SSSR count). The average molecular weight is 353 g/mol. The standard InChI is InChI=1S/C19H16FN3O3/c1-12-15(11-21-23(12)17-9-4-3-8-16(17)20)18(24)22-14-7-5-6-13(10-14)19(25)26-2/h3-11H,1-2H3,(H,22,24). The number of anilines is 1. The topological polar surface area (TPSA) is 73.2 Å². The molecule has 0 atom stereocenters. The van der Waals surface area contributed by atoms with E-state index in [4.69, 9.17) is 0 Å². The van der Waals surface area contributed by atoms with E-state index in [-0.39, 0.29) is 5.69 Å². The SMILES string of the molecule is COC(=O)c1cccc(NC(=O)c2cnn(-c3ccccc3F)c2C)c1. The van der Waals surface area contributed by atoms with Crippen molar-refractivity contribution in [2.75, 3.05) is 12.4 Å². The first-order chi connectivity index (χ1) is 12.5. The van der Waals surface area contributed by atoms with E-state index < -0.39 is 17.7 Å². The Bertz CT molecular complexity index is 982. The molecule has 0 aliphatic heterocycles. The van der Waals surface area contributed by atoms with Crippen LogP contribution in [0.4, 0.5) is 10.1 Å². The number of para-hydroxylation sites is 1. The van der Waals surface area contributed by atoms with Crippen LogP contribution in [0.1, 0.15) is 26.4 Å². The zero-order valence-corrected chi connectivity index (χ0v) is 14.2. The third kappa shape index (κ3) is 3.32.